The summed E-state index contributed by atoms with van der Waals surface area (Å²) in [5, 5.41) is 18.7. The van der Waals surface area contributed by atoms with Crippen LogP contribution in [-0.2, 0) is 0 Å². The van der Waals surface area contributed by atoms with Crippen LogP contribution in [0.5, 0.6) is 0 Å². The molecular weight excluding hydrogens is 268 g/mol. The summed E-state index contributed by atoms with van der Waals surface area (Å²) in [4.78, 5) is 10.5. The van der Waals surface area contributed by atoms with Gasteiger partial charge in [-0.15, -0.1) is 16.7 Å². The molecule has 7 heteroatoms. The lowest BCUT2D eigenvalue weighted by molar-refractivity contribution is -0.385. The fourth-order valence-corrected chi connectivity index (χ4v) is 1.90. The molecule has 0 spiro atoms. The molecule has 100 valence electrons. The van der Waals surface area contributed by atoms with E-state index in [1.54, 1.807) is 25.3 Å². The molecule has 1 aromatic heterocycles. The van der Waals surface area contributed by atoms with Crippen LogP contribution in [0.15, 0.2) is 24.4 Å². The molecule has 0 aliphatic heterocycles. The number of hydrogen-bond donors (Lipinski definition) is 0. The van der Waals surface area contributed by atoms with Crippen LogP contribution in [0.4, 0.5) is 5.69 Å². The molecule has 19 heavy (non-hydrogen) atoms. The molecule has 1 aromatic carbocycles. The largest absolute Gasteiger partial charge is 0.274 e. The van der Waals surface area contributed by atoms with Crippen molar-refractivity contribution >= 4 is 17.3 Å². The molecule has 0 N–H and O–H groups in total. The van der Waals surface area contributed by atoms with Crippen molar-refractivity contribution in [1.82, 2.24) is 15.0 Å². The molecule has 0 aliphatic rings. The fourth-order valence-electron chi connectivity index (χ4n) is 1.80. The van der Waals surface area contributed by atoms with Gasteiger partial charge in [0, 0.05) is 6.07 Å². The van der Waals surface area contributed by atoms with E-state index < -0.39 is 4.92 Å². The van der Waals surface area contributed by atoms with Crippen molar-refractivity contribution in [1.29, 1.82) is 0 Å². The van der Waals surface area contributed by atoms with Gasteiger partial charge in [-0.3, -0.25) is 10.1 Å². The van der Waals surface area contributed by atoms with Crippen molar-refractivity contribution < 1.29 is 4.92 Å². The van der Waals surface area contributed by atoms with Gasteiger partial charge >= 0.3 is 0 Å². The summed E-state index contributed by atoms with van der Waals surface area (Å²) in [6, 6.07) is 4.85. The van der Waals surface area contributed by atoms with Gasteiger partial charge in [0.25, 0.3) is 5.69 Å². The van der Waals surface area contributed by atoms with Crippen LogP contribution in [0.3, 0.4) is 0 Å². The van der Waals surface area contributed by atoms with Crippen molar-refractivity contribution in [3.05, 3.63) is 45.8 Å². The molecule has 0 fully saturated rings. The third kappa shape index (κ3) is 2.58. The topological polar surface area (TPSA) is 73.8 Å². The molecule has 6 nitrogen and oxygen atoms in total. The average Bonchev–Trinajstić information content (AvgIpc) is 2.87. The minimum absolute atomic E-state index is 0.0625. The SMILES string of the molecule is CCC(Cl)c1cn(-c2cccc([N+](=O)[O-])c2C)nn1. The van der Waals surface area contributed by atoms with Crippen molar-refractivity contribution in [2.75, 3.05) is 0 Å². The Kier molecular flexibility index (Phi) is 3.80. The van der Waals surface area contributed by atoms with E-state index >= 15 is 0 Å². The maximum atomic E-state index is 10.9. The lowest BCUT2D eigenvalue weighted by Crippen LogP contribution is -2.01. The predicted octanol–water partition coefficient (Wildman–Crippen LogP) is 3.17. The van der Waals surface area contributed by atoms with Gasteiger partial charge in [0.2, 0.25) is 0 Å². The Morgan fingerprint density at radius 1 is 1.53 bits per heavy atom. The smallest absolute Gasteiger partial charge is 0.258 e. The van der Waals surface area contributed by atoms with Crippen molar-refractivity contribution in [3.8, 4) is 5.69 Å². The Bertz CT molecular complexity index is 612. The minimum Gasteiger partial charge on any atom is -0.258 e. The van der Waals surface area contributed by atoms with E-state index in [4.69, 9.17) is 11.6 Å². The number of alkyl halides is 1. The van der Waals surface area contributed by atoms with Gasteiger partial charge in [0.15, 0.2) is 0 Å². The maximum absolute atomic E-state index is 10.9. The highest BCUT2D eigenvalue weighted by Gasteiger charge is 2.16. The van der Waals surface area contributed by atoms with Gasteiger partial charge in [-0.05, 0) is 19.4 Å². The van der Waals surface area contributed by atoms with Gasteiger partial charge in [0.1, 0.15) is 5.69 Å². The molecular formula is C12H13ClN4O2. The Morgan fingerprint density at radius 2 is 2.26 bits per heavy atom. The van der Waals surface area contributed by atoms with Gasteiger partial charge in [-0.2, -0.15) is 0 Å². The van der Waals surface area contributed by atoms with Gasteiger partial charge in [-0.25, -0.2) is 4.68 Å². The monoisotopic (exact) mass is 280 g/mol. The highest BCUT2D eigenvalue weighted by Crippen LogP contribution is 2.26. The van der Waals surface area contributed by atoms with Crippen LogP contribution in [-0.4, -0.2) is 19.9 Å². The van der Waals surface area contributed by atoms with E-state index in [0.29, 0.717) is 16.9 Å². The van der Waals surface area contributed by atoms with Crippen LogP contribution in [0.1, 0.15) is 30.0 Å². The van der Waals surface area contributed by atoms with Gasteiger partial charge in [0.05, 0.1) is 27.7 Å². The standard InChI is InChI=1S/C12H13ClN4O2/c1-3-9(13)10-7-16(15-14-10)11-5-4-6-12(8(11)2)17(18)19/h4-7,9H,3H2,1-2H3. The van der Waals surface area contributed by atoms with E-state index in [9.17, 15) is 10.1 Å². The number of rotatable bonds is 4. The van der Waals surface area contributed by atoms with E-state index in [-0.39, 0.29) is 11.1 Å². The lowest BCUT2D eigenvalue weighted by atomic mass is 10.1. The first-order valence-corrected chi connectivity index (χ1v) is 6.29. The zero-order chi connectivity index (χ0) is 14.0. The highest BCUT2D eigenvalue weighted by atomic mass is 35.5. The van der Waals surface area contributed by atoms with Crippen LogP contribution in [0, 0.1) is 17.0 Å². The maximum Gasteiger partial charge on any atom is 0.274 e. The Morgan fingerprint density at radius 3 is 2.89 bits per heavy atom. The van der Waals surface area contributed by atoms with Gasteiger partial charge in [-0.1, -0.05) is 18.2 Å². The molecule has 2 rings (SSSR count). The number of aromatic nitrogens is 3. The van der Waals surface area contributed by atoms with Crippen LogP contribution < -0.4 is 0 Å². The summed E-state index contributed by atoms with van der Waals surface area (Å²) in [5.74, 6) is 0. The summed E-state index contributed by atoms with van der Waals surface area (Å²) in [5.41, 5.74) is 1.90. The molecule has 0 aliphatic carbocycles. The number of benzene rings is 1. The molecule has 0 saturated heterocycles. The minimum atomic E-state index is -0.410. The van der Waals surface area contributed by atoms with Crippen molar-refractivity contribution in [2.45, 2.75) is 25.6 Å². The highest BCUT2D eigenvalue weighted by molar-refractivity contribution is 6.20. The molecule has 0 radical (unpaired) electrons. The van der Waals surface area contributed by atoms with E-state index in [2.05, 4.69) is 10.3 Å². The Balaban J connectivity index is 2.45. The normalized spacial score (nSPS) is 12.4. The van der Waals surface area contributed by atoms with E-state index in [1.165, 1.54) is 10.7 Å². The number of hydrogen-bond acceptors (Lipinski definition) is 4. The molecule has 1 unspecified atom stereocenters. The summed E-state index contributed by atoms with van der Waals surface area (Å²) >= 11 is 6.09. The molecule has 0 bridgehead atoms. The summed E-state index contributed by atoms with van der Waals surface area (Å²) in [6.07, 6.45) is 2.45. The zero-order valence-electron chi connectivity index (χ0n) is 10.6. The molecule has 2 aromatic rings. The second-order valence-corrected chi connectivity index (χ2v) is 4.67. The van der Waals surface area contributed by atoms with Crippen LogP contribution in [0.25, 0.3) is 5.69 Å². The predicted molar refractivity (Wildman–Crippen MR) is 71.6 cm³/mol. The molecule has 1 atom stereocenters. The van der Waals surface area contributed by atoms with Crippen LogP contribution >= 0.6 is 11.6 Å². The van der Waals surface area contributed by atoms with E-state index in [0.717, 1.165) is 6.42 Å². The fraction of sp³-hybridized carbons (Fsp3) is 0.333. The second-order valence-electron chi connectivity index (χ2n) is 4.14. The van der Waals surface area contributed by atoms with Crippen molar-refractivity contribution in [2.24, 2.45) is 0 Å². The average molecular weight is 281 g/mol. The number of nitro benzene ring substituents is 1. The molecule has 1 heterocycles. The summed E-state index contributed by atoms with van der Waals surface area (Å²) in [6.45, 7) is 3.64. The first-order chi connectivity index (χ1) is 9.04. The van der Waals surface area contributed by atoms with Gasteiger partial charge < -0.3 is 0 Å². The molecule has 0 amide bonds. The first kappa shape index (κ1) is 13.5. The van der Waals surface area contributed by atoms with E-state index in [1.807, 2.05) is 6.92 Å². The second kappa shape index (κ2) is 5.36. The molecule has 0 saturated carbocycles. The quantitative estimate of drug-likeness (QED) is 0.490. The zero-order valence-corrected chi connectivity index (χ0v) is 11.3. The Hall–Kier alpha value is -1.95. The lowest BCUT2D eigenvalue weighted by Gasteiger charge is -2.05. The number of nitro groups is 1. The third-order valence-corrected chi connectivity index (χ3v) is 3.44. The Labute approximate surface area is 115 Å². The number of nitrogens with zero attached hydrogens (tertiary/aromatic N) is 4. The number of halogens is 1. The van der Waals surface area contributed by atoms with Crippen LogP contribution in [0.2, 0.25) is 0 Å². The van der Waals surface area contributed by atoms with Crippen molar-refractivity contribution in [3.63, 3.8) is 0 Å². The summed E-state index contributed by atoms with van der Waals surface area (Å²) < 4.78 is 1.52. The third-order valence-electron chi connectivity index (χ3n) is 2.91. The first-order valence-electron chi connectivity index (χ1n) is 5.85. The summed E-state index contributed by atoms with van der Waals surface area (Å²) in [7, 11) is 0.